The molecule has 0 spiro atoms. The minimum absolute atomic E-state index is 0.530. The molecule has 14 heteroatoms. The molecule has 0 saturated carbocycles. The molecule has 0 atom stereocenters. The first-order valence-corrected chi connectivity index (χ1v) is 12.5. The quantitative estimate of drug-likeness (QED) is 0.0759. The normalized spacial score (nSPS) is 11.5. The maximum absolute atomic E-state index is 13.7. The Morgan fingerprint density at radius 3 is 1.32 bits per heavy atom. The largest absolute Gasteiger partial charge is 0.515 e. The number of para-hydroxylation sites is 1. The molecule has 0 N–H and O–H groups in total. The van der Waals surface area contributed by atoms with Crippen molar-refractivity contribution in [1.82, 2.24) is 0 Å². The van der Waals surface area contributed by atoms with Crippen LogP contribution in [0, 0.1) is 29.1 Å². The van der Waals surface area contributed by atoms with Gasteiger partial charge in [0, 0.05) is 10.0 Å². The molecule has 0 bridgehead atoms. The maximum atomic E-state index is 13.7. The summed E-state index contributed by atoms with van der Waals surface area (Å²) in [6, 6.07) is 22.7. The number of hydrogen-bond acceptors (Lipinski definition) is 2. The summed E-state index contributed by atoms with van der Waals surface area (Å²) < 4.78 is 117. The first kappa shape index (κ1) is 29.5. The van der Waals surface area contributed by atoms with Gasteiger partial charge in [0.05, 0.1) is 0 Å². The van der Waals surface area contributed by atoms with Crippen molar-refractivity contribution in [2.24, 2.45) is 0 Å². The lowest BCUT2D eigenvalue weighted by Gasteiger charge is -2.17. The summed E-state index contributed by atoms with van der Waals surface area (Å²) in [6.07, 6.45) is 0. The summed E-state index contributed by atoms with van der Waals surface area (Å²) in [5, 5.41) is 1.15. The molecule has 0 heterocycles. The Labute approximate surface area is 222 Å². The van der Waals surface area contributed by atoms with E-state index in [1.54, 1.807) is 60.7 Å². The number of hydrogen-bond donors (Lipinski definition) is 0. The van der Waals surface area contributed by atoms with Gasteiger partial charge in [-0.2, -0.15) is 0 Å². The minimum atomic E-state index is -6.30. The molecule has 200 valence electrons. The fourth-order valence-corrected chi connectivity index (χ4v) is 5.07. The number of benzene rings is 4. The Hall–Kier alpha value is -3.09. The first-order valence-electron chi connectivity index (χ1n) is 10.3. The third kappa shape index (κ3) is 6.48. The lowest BCUT2D eigenvalue weighted by molar-refractivity contribution is 0.377. The molecule has 0 aromatic heterocycles. The van der Waals surface area contributed by atoms with Gasteiger partial charge in [-0.15, -0.1) is 0 Å². The monoisotopic (exact) mass is 598 g/mol. The molecule has 2 nitrogen and oxygen atoms in total. The van der Waals surface area contributed by atoms with E-state index in [2.05, 4.69) is 0 Å². The first-order chi connectivity index (χ1) is 17.8. The third-order valence-corrected chi connectivity index (χ3v) is 7.49. The van der Waals surface area contributed by atoms with Gasteiger partial charge in [-0.05, 0) is 70.3 Å². The van der Waals surface area contributed by atoms with E-state index in [1.165, 1.54) is 0 Å². The Morgan fingerprint density at radius 1 is 0.579 bits per heavy atom. The Morgan fingerprint density at radius 2 is 0.947 bits per heavy atom. The van der Waals surface area contributed by atoms with Crippen LogP contribution in [0.5, 0.6) is 5.75 Å². The molecule has 4 rings (SSSR count). The lowest BCUT2D eigenvalue weighted by Crippen LogP contribution is -2.41. The average Bonchev–Trinajstić information content (AvgIpc) is 2.87. The maximum Gasteiger partial charge on any atom is 0.515 e. The SMILES string of the molecule is Fc1c(F)c(F)c([B-](F)(F)F)c(F)c1F.O=[S+](Oc1ccccc1)(c1ccc(Cl)cc1)c1ccc(Cl)cc1. The van der Waals surface area contributed by atoms with Crippen LogP contribution in [0.1, 0.15) is 0 Å². The van der Waals surface area contributed by atoms with Crippen molar-refractivity contribution in [3.8, 4) is 5.75 Å². The summed E-state index contributed by atoms with van der Waals surface area (Å²) in [7, 11) is -2.95. The van der Waals surface area contributed by atoms with Crippen molar-refractivity contribution in [3.05, 3.63) is 118 Å². The standard InChI is InChI=1S/C18H13Cl2O2S.C6BF8/c19-14-6-10-17(11-7-14)23(21,18-12-8-15(20)9-13-18)22-16-4-2-1-3-5-16;8-2-1(7(13,14)15)3(9)5(11)6(12)4(2)10/h1-13H;/q+1;-1. The van der Waals surface area contributed by atoms with E-state index < -0.39 is 51.7 Å². The molecule has 0 saturated heterocycles. The van der Waals surface area contributed by atoms with E-state index in [1.807, 2.05) is 18.2 Å². The highest BCUT2D eigenvalue weighted by Crippen LogP contribution is 2.33. The molecule has 0 amide bonds. The molecule has 0 aliphatic heterocycles. The fourth-order valence-electron chi connectivity index (χ4n) is 2.98. The van der Waals surface area contributed by atoms with Gasteiger partial charge in [-0.25, -0.2) is 22.0 Å². The van der Waals surface area contributed by atoms with Crippen LogP contribution in [0.2, 0.25) is 10.0 Å². The molecule has 4 aromatic rings. The second-order valence-corrected chi connectivity index (χ2v) is 10.4. The van der Waals surface area contributed by atoms with Crippen LogP contribution < -0.4 is 9.65 Å². The molecule has 0 unspecified atom stereocenters. The van der Waals surface area contributed by atoms with E-state index in [0.717, 1.165) is 0 Å². The summed E-state index contributed by atoms with van der Waals surface area (Å²) in [6.45, 7) is -6.30. The molecule has 0 aliphatic carbocycles. The van der Waals surface area contributed by atoms with Gasteiger partial charge in [0.25, 0.3) is 0 Å². The van der Waals surface area contributed by atoms with Crippen molar-refractivity contribution >= 4 is 45.9 Å². The van der Waals surface area contributed by atoms with Gasteiger partial charge >= 0.3 is 17.2 Å². The third-order valence-electron chi connectivity index (χ3n) is 4.78. The molecule has 0 aliphatic rings. The van der Waals surface area contributed by atoms with Crippen LogP contribution >= 0.6 is 23.2 Å². The Balaban J connectivity index is 0.000000232. The van der Waals surface area contributed by atoms with Crippen LogP contribution in [0.4, 0.5) is 34.9 Å². The second-order valence-electron chi connectivity index (χ2n) is 7.37. The zero-order valence-electron chi connectivity index (χ0n) is 18.6. The zero-order chi connectivity index (χ0) is 28.3. The average molecular weight is 599 g/mol. The highest BCUT2D eigenvalue weighted by molar-refractivity contribution is 7.99. The van der Waals surface area contributed by atoms with Crippen molar-refractivity contribution in [3.63, 3.8) is 0 Å². The highest BCUT2D eigenvalue weighted by Gasteiger charge is 2.39. The Kier molecular flexibility index (Phi) is 9.11. The predicted molar refractivity (Wildman–Crippen MR) is 130 cm³/mol. The molecular formula is C24H13BCl2F8O2S. The summed E-state index contributed by atoms with van der Waals surface area (Å²) in [5.41, 5.74) is -2.73. The summed E-state index contributed by atoms with van der Waals surface area (Å²) in [4.78, 5) is 1.10. The van der Waals surface area contributed by atoms with Crippen molar-refractivity contribution < 1.29 is 43.3 Å². The highest BCUT2D eigenvalue weighted by atomic mass is 35.5. The molecule has 38 heavy (non-hydrogen) atoms. The van der Waals surface area contributed by atoms with Gasteiger partial charge in [-0.3, -0.25) is 4.18 Å². The van der Waals surface area contributed by atoms with E-state index >= 15 is 0 Å². The summed E-state index contributed by atoms with van der Waals surface area (Å²) >= 11 is 11.9. The van der Waals surface area contributed by atoms with Gasteiger partial charge in [0.2, 0.25) is 9.79 Å². The predicted octanol–water partition coefficient (Wildman–Crippen LogP) is 8.34. The van der Waals surface area contributed by atoms with Crippen LogP contribution in [-0.4, -0.2) is 6.98 Å². The van der Waals surface area contributed by atoms with Crippen molar-refractivity contribution in [2.75, 3.05) is 0 Å². The van der Waals surface area contributed by atoms with Crippen LogP contribution in [0.25, 0.3) is 0 Å². The van der Waals surface area contributed by atoms with Gasteiger partial charge in [0.15, 0.2) is 23.2 Å². The Bertz CT molecular complexity index is 1390. The zero-order valence-corrected chi connectivity index (χ0v) is 20.9. The van der Waals surface area contributed by atoms with E-state index in [0.29, 0.717) is 25.6 Å². The molecule has 4 aromatic carbocycles. The number of rotatable bonds is 5. The smallest absolute Gasteiger partial charge is 0.445 e. The number of halogens is 10. The molecule has 0 fully saturated rings. The van der Waals surface area contributed by atoms with Crippen LogP contribution in [0.3, 0.4) is 0 Å². The molecule has 0 radical (unpaired) electrons. The van der Waals surface area contributed by atoms with Gasteiger partial charge in [0.1, 0.15) is 11.6 Å². The van der Waals surface area contributed by atoms with Crippen molar-refractivity contribution in [2.45, 2.75) is 9.79 Å². The molecular weight excluding hydrogens is 586 g/mol. The second kappa shape index (κ2) is 11.8. The van der Waals surface area contributed by atoms with Crippen molar-refractivity contribution in [1.29, 1.82) is 0 Å². The fraction of sp³-hybridized carbons (Fsp3) is 0. The van der Waals surface area contributed by atoms with E-state index in [9.17, 15) is 39.1 Å². The van der Waals surface area contributed by atoms with Crippen LogP contribution in [0.15, 0.2) is 88.7 Å². The topological polar surface area (TPSA) is 26.3 Å². The van der Waals surface area contributed by atoms with E-state index in [4.69, 9.17) is 27.4 Å². The minimum Gasteiger partial charge on any atom is -0.445 e. The van der Waals surface area contributed by atoms with Gasteiger partial charge in [-0.1, -0.05) is 41.4 Å². The lowest BCUT2D eigenvalue weighted by atomic mass is 9.79. The van der Waals surface area contributed by atoms with E-state index in [-0.39, 0.29) is 0 Å². The van der Waals surface area contributed by atoms with Crippen LogP contribution in [-0.2, 0) is 14.4 Å². The van der Waals surface area contributed by atoms with Gasteiger partial charge < -0.3 is 12.9 Å². The summed E-state index contributed by atoms with van der Waals surface area (Å²) in [5.74, 6) is -13.0.